The van der Waals surface area contributed by atoms with E-state index in [2.05, 4.69) is 41.0 Å². The third kappa shape index (κ3) is 5.47. The van der Waals surface area contributed by atoms with Crippen molar-refractivity contribution in [3.63, 3.8) is 0 Å². The number of carbonyl (C=O) groups excluding carboxylic acids is 1. The number of rotatable bonds is 7. The van der Waals surface area contributed by atoms with Crippen LogP contribution in [0.4, 0.5) is 10.8 Å². The maximum absolute atomic E-state index is 12.7. The Hall–Kier alpha value is -3.49. The second-order valence-electron chi connectivity index (χ2n) is 7.77. The van der Waals surface area contributed by atoms with E-state index in [-0.39, 0.29) is 10.8 Å². The van der Waals surface area contributed by atoms with Gasteiger partial charge in [0, 0.05) is 22.2 Å². The number of benzene rings is 3. The van der Waals surface area contributed by atoms with Crippen LogP contribution in [0.1, 0.15) is 35.7 Å². The van der Waals surface area contributed by atoms with Gasteiger partial charge in [-0.25, -0.2) is 13.4 Å². The molecule has 168 valence electrons. The molecule has 0 unspecified atom stereocenters. The summed E-state index contributed by atoms with van der Waals surface area (Å²) in [5.74, 6) is 0.0871. The molecule has 0 atom stereocenters. The zero-order valence-electron chi connectivity index (χ0n) is 18.1. The largest absolute Gasteiger partial charge is 0.298 e. The first-order valence-corrected chi connectivity index (χ1v) is 12.7. The number of anilines is 2. The van der Waals surface area contributed by atoms with Gasteiger partial charge in [0.1, 0.15) is 0 Å². The molecule has 0 radical (unpaired) electrons. The number of sulfonamides is 1. The Kier molecular flexibility index (Phi) is 6.57. The van der Waals surface area contributed by atoms with Crippen molar-refractivity contribution in [1.29, 1.82) is 0 Å². The fourth-order valence-corrected chi connectivity index (χ4v) is 4.99. The van der Waals surface area contributed by atoms with Crippen molar-refractivity contribution in [3.05, 3.63) is 95.4 Å². The molecule has 0 aliphatic carbocycles. The number of nitrogens with one attached hydrogen (secondary N) is 2. The van der Waals surface area contributed by atoms with Gasteiger partial charge < -0.3 is 0 Å². The lowest BCUT2D eigenvalue weighted by Crippen LogP contribution is -2.15. The summed E-state index contributed by atoms with van der Waals surface area (Å²) >= 11 is 1.33. The molecule has 0 bridgehead atoms. The minimum atomic E-state index is -3.74. The standard InChI is InChI=1S/C25H23N3O3S2/c1-17(2)18-11-13-19(14-12-18)23-16-32-25(26-23)27-24(29)20-7-6-8-21(15-20)28-33(30,31)22-9-4-3-5-10-22/h3-17,28H,1-2H3,(H,26,27,29). The Bertz CT molecular complexity index is 1360. The van der Waals surface area contributed by atoms with Crippen molar-refractivity contribution in [2.24, 2.45) is 0 Å². The Balaban J connectivity index is 1.46. The first-order chi connectivity index (χ1) is 15.8. The molecule has 0 saturated carbocycles. The van der Waals surface area contributed by atoms with Gasteiger partial charge in [-0.05, 0) is 41.8 Å². The van der Waals surface area contributed by atoms with Crippen LogP contribution in [-0.4, -0.2) is 19.3 Å². The summed E-state index contributed by atoms with van der Waals surface area (Å²) in [5.41, 5.74) is 3.64. The average Bonchev–Trinajstić information content (AvgIpc) is 3.28. The van der Waals surface area contributed by atoms with Crippen LogP contribution in [0.25, 0.3) is 11.3 Å². The fourth-order valence-electron chi connectivity index (χ4n) is 3.21. The molecular weight excluding hydrogens is 454 g/mol. The van der Waals surface area contributed by atoms with Crippen molar-refractivity contribution < 1.29 is 13.2 Å². The number of amides is 1. The summed E-state index contributed by atoms with van der Waals surface area (Å²) in [5, 5.41) is 5.15. The van der Waals surface area contributed by atoms with Gasteiger partial charge in [-0.3, -0.25) is 14.8 Å². The Morgan fingerprint density at radius 3 is 2.36 bits per heavy atom. The maximum Gasteiger partial charge on any atom is 0.261 e. The van der Waals surface area contributed by atoms with Crippen molar-refractivity contribution in [3.8, 4) is 11.3 Å². The minimum absolute atomic E-state index is 0.150. The Morgan fingerprint density at radius 2 is 1.67 bits per heavy atom. The van der Waals surface area contributed by atoms with E-state index in [1.807, 2.05) is 17.5 Å². The molecule has 0 aliphatic heterocycles. The highest BCUT2D eigenvalue weighted by molar-refractivity contribution is 7.92. The van der Waals surface area contributed by atoms with Crippen molar-refractivity contribution >= 4 is 38.1 Å². The monoisotopic (exact) mass is 477 g/mol. The van der Waals surface area contributed by atoms with E-state index in [4.69, 9.17) is 0 Å². The van der Waals surface area contributed by atoms with Crippen molar-refractivity contribution in [1.82, 2.24) is 4.98 Å². The van der Waals surface area contributed by atoms with E-state index >= 15 is 0 Å². The Morgan fingerprint density at radius 1 is 0.939 bits per heavy atom. The normalized spacial score (nSPS) is 11.4. The smallest absolute Gasteiger partial charge is 0.261 e. The van der Waals surface area contributed by atoms with E-state index in [1.165, 1.54) is 35.1 Å². The predicted molar refractivity (Wildman–Crippen MR) is 133 cm³/mol. The van der Waals surface area contributed by atoms with Crippen LogP contribution in [0.2, 0.25) is 0 Å². The van der Waals surface area contributed by atoms with Gasteiger partial charge in [0.2, 0.25) is 0 Å². The first-order valence-electron chi connectivity index (χ1n) is 10.4. The fraction of sp³-hybridized carbons (Fsp3) is 0.120. The second kappa shape index (κ2) is 9.56. The zero-order valence-corrected chi connectivity index (χ0v) is 19.8. The van der Waals surface area contributed by atoms with E-state index in [0.29, 0.717) is 22.3 Å². The summed E-state index contributed by atoms with van der Waals surface area (Å²) in [6, 6.07) is 22.6. The van der Waals surface area contributed by atoms with Gasteiger partial charge in [0.15, 0.2) is 5.13 Å². The molecule has 1 aromatic heterocycles. The molecule has 0 fully saturated rings. The van der Waals surface area contributed by atoms with Crippen LogP contribution in [0.15, 0.2) is 89.1 Å². The quantitative estimate of drug-likeness (QED) is 0.342. The molecule has 2 N–H and O–H groups in total. The van der Waals surface area contributed by atoms with E-state index in [0.717, 1.165) is 11.3 Å². The summed E-state index contributed by atoms with van der Waals surface area (Å²) in [4.78, 5) is 17.4. The van der Waals surface area contributed by atoms with Gasteiger partial charge in [-0.2, -0.15) is 0 Å². The lowest BCUT2D eigenvalue weighted by molar-refractivity contribution is 0.102. The van der Waals surface area contributed by atoms with Crippen LogP contribution < -0.4 is 10.0 Å². The average molecular weight is 478 g/mol. The first kappa shape index (κ1) is 22.7. The topological polar surface area (TPSA) is 88.2 Å². The van der Waals surface area contributed by atoms with Gasteiger partial charge in [0.25, 0.3) is 15.9 Å². The van der Waals surface area contributed by atoms with Gasteiger partial charge >= 0.3 is 0 Å². The van der Waals surface area contributed by atoms with Crippen LogP contribution >= 0.6 is 11.3 Å². The van der Waals surface area contributed by atoms with Crippen molar-refractivity contribution in [2.45, 2.75) is 24.7 Å². The molecule has 6 nitrogen and oxygen atoms in total. The second-order valence-corrected chi connectivity index (χ2v) is 10.3. The lowest BCUT2D eigenvalue weighted by atomic mass is 10.0. The molecule has 0 aliphatic rings. The van der Waals surface area contributed by atoms with Gasteiger partial charge in [-0.15, -0.1) is 11.3 Å². The van der Waals surface area contributed by atoms with Crippen LogP contribution in [-0.2, 0) is 10.0 Å². The van der Waals surface area contributed by atoms with Gasteiger partial charge in [0.05, 0.1) is 10.6 Å². The number of aromatic nitrogens is 1. The molecule has 1 amide bonds. The number of nitrogens with zero attached hydrogens (tertiary/aromatic N) is 1. The minimum Gasteiger partial charge on any atom is -0.298 e. The number of thiazole rings is 1. The molecule has 0 saturated heterocycles. The SMILES string of the molecule is CC(C)c1ccc(-c2csc(NC(=O)c3cccc(NS(=O)(=O)c4ccccc4)c3)n2)cc1. The van der Waals surface area contributed by atoms with E-state index in [1.54, 1.807) is 36.4 Å². The molecule has 8 heteroatoms. The number of hydrogen-bond donors (Lipinski definition) is 2. The lowest BCUT2D eigenvalue weighted by Gasteiger charge is -2.09. The molecule has 3 aromatic carbocycles. The third-order valence-corrected chi connectivity index (χ3v) is 7.18. The molecule has 1 heterocycles. The number of hydrogen-bond acceptors (Lipinski definition) is 5. The third-order valence-electron chi connectivity index (χ3n) is 5.03. The molecule has 0 spiro atoms. The van der Waals surface area contributed by atoms with E-state index < -0.39 is 10.0 Å². The Labute approximate surface area is 197 Å². The summed E-state index contributed by atoms with van der Waals surface area (Å²) in [6.45, 7) is 4.29. The molecule has 4 rings (SSSR count). The molecule has 4 aromatic rings. The summed E-state index contributed by atoms with van der Waals surface area (Å²) in [6.07, 6.45) is 0. The predicted octanol–water partition coefficient (Wildman–Crippen LogP) is 5.99. The van der Waals surface area contributed by atoms with Crippen LogP contribution in [0, 0.1) is 0 Å². The number of carbonyl (C=O) groups is 1. The van der Waals surface area contributed by atoms with Gasteiger partial charge in [-0.1, -0.05) is 62.4 Å². The molecular formula is C25H23N3O3S2. The highest BCUT2D eigenvalue weighted by Crippen LogP contribution is 2.27. The van der Waals surface area contributed by atoms with Crippen molar-refractivity contribution in [2.75, 3.05) is 10.0 Å². The van der Waals surface area contributed by atoms with Crippen LogP contribution in [0.3, 0.4) is 0 Å². The highest BCUT2D eigenvalue weighted by atomic mass is 32.2. The maximum atomic E-state index is 12.7. The summed E-state index contributed by atoms with van der Waals surface area (Å²) < 4.78 is 27.6. The summed E-state index contributed by atoms with van der Waals surface area (Å²) in [7, 11) is -3.74. The zero-order chi connectivity index (χ0) is 23.4. The van der Waals surface area contributed by atoms with Crippen LogP contribution in [0.5, 0.6) is 0 Å². The highest BCUT2D eigenvalue weighted by Gasteiger charge is 2.15. The molecule has 33 heavy (non-hydrogen) atoms. The van der Waals surface area contributed by atoms with E-state index in [9.17, 15) is 13.2 Å².